The van der Waals surface area contributed by atoms with Crippen LogP contribution in [0.3, 0.4) is 0 Å². The molecule has 4 rings (SSSR count). The average Bonchev–Trinajstić information content (AvgIpc) is 3.23. The van der Waals surface area contributed by atoms with E-state index in [-0.39, 0.29) is 18.1 Å². The molecule has 0 saturated carbocycles. The average molecular weight is 404 g/mol. The van der Waals surface area contributed by atoms with Crippen LogP contribution in [0.25, 0.3) is 6.08 Å². The molecule has 2 heterocycles. The first-order chi connectivity index (χ1) is 14.0. The lowest BCUT2D eigenvalue weighted by Crippen LogP contribution is -2.30. The van der Waals surface area contributed by atoms with E-state index in [1.54, 1.807) is 12.1 Å². The monoisotopic (exact) mass is 404 g/mol. The van der Waals surface area contributed by atoms with Gasteiger partial charge in [-0.2, -0.15) is 0 Å². The Labute approximate surface area is 173 Å². The summed E-state index contributed by atoms with van der Waals surface area (Å²) in [6, 6.07) is 19.1. The first-order valence-corrected chi connectivity index (χ1v) is 10.0. The Kier molecular flexibility index (Phi) is 5.27. The topological polar surface area (TPSA) is 62.6 Å². The molecule has 0 atom stereocenters. The van der Waals surface area contributed by atoms with Crippen molar-refractivity contribution >= 4 is 29.8 Å². The fourth-order valence-corrected chi connectivity index (χ4v) is 3.82. The predicted octanol–water partition coefficient (Wildman–Crippen LogP) is 5.14. The molecule has 0 unspecified atom stereocenters. The van der Waals surface area contributed by atoms with Gasteiger partial charge in [-0.1, -0.05) is 59.3 Å². The molecule has 0 bridgehead atoms. The predicted molar refractivity (Wildman–Crippen MR) is 112 cm³/mol. The van der Waals surface area contributed by atoms with Crippen molar-refractivity contribution in [1.29, 1.82) is 0 Å². The van der Waals surface area contributed by atoms with E-state index in [2.05, 4.69) is 5.32 Å². The van der Waals surface area contributed by atoms with Crippen LogP contribution in [-0.4, -0.2) is 16.8 Å². The van der Waals surface area contributed by atoms with E-state index >= 15 is 0 Å². The number of rotatable bonds is 5. The van der Waals surface area contributed by atoms with Crippen molar-refractivity contribution in [3.63, 3.8) is 0 Å². The van der Waals surface area contributed by atoms with Gasteiger partial charge in [-0.05, 0) is 43.7 Å². The quantitative estimate of drug-likeness (QED) is 0.472. The number of benzene rings is 2. The van der Waals surface area contributed by atoms with Gasteiger partial charge in [0.15, 0.2) is 5.09 Å². The lowest BCUT2D eigenvalue weighted by molar-refractivity contribution is -0.123. The van der Waals surface area contributed by atoms with Crippen molar-refractivity contribution in [1.82, 2.24) is 10.2 Å². The zero-order valence-electron chi connectivity index (χ0n) is 16.1. The molecular weight excluding hydrogens is 384 g/mol. The van der Waals surface area contributed by atoms with Gasteiger partial charge in [0.2, 0.25) is 0 Å². The summed E-state index contributed by atoms with van der Waals surface area (Å²) in [5.41, 5.74) is 3.40. The SMILES string of the molecule is Cc1ccc(Sc2ccc(/C=C3/NC(=O)N(Cc4cccc(C)c4)C3=O)o2)cc1. The van der Waals surface area contributed by atoms with Crippen molar-refractivity contribution < 1.29 is 14.0 Å². The molecule has 146 valence electrons. The van der Waals surface area contributed by atoms with E-state index < -0.39 is 6.03 Å². The third-order valence-corrected chi connectivity index (χ3v) is 5.44. The lowest BCUT2D eigenvalue weighted by atomic mass is 10.1. The van der Waals surface area contributed by atoms with E-state index in [1.165, 1.54) is 22.2 Å². The number of nitrogens with one attached hydrogen (secondary N) is 1. The van der Waals surface area contributed by atoms with E-state index in [9.17, 15) is 9.59 Å². The molecular formula is C23H20N2O3S. The molecule has 0 aliphatic carbocycles. The number of aryl methyl sites for hydroxylation is 2. The van der Waals surface area contributed by atoms with Gasteiger partial charge in [0.05, 0.1) is 6.54 Å². The van der Waals surface area contributed by atoms with Gasteiger partial charge in [0, 0.05) is 11.0 Å². The highest BCUT2D eigenvalue weighted by molar-refractivity contribution is 7.99. The third-order valence-electron chi connectivity index (χ3n) is 4.51. The molecule has 1 aliphatic rings. The standard InChI is InChI=1S/C23H20N2O3S/c1-15-6-9-19(10-7-15)29-21-11-8-18(28-21)13-20-22(26)25(23(27)24-20)14-17-5-3-4-16(2)12-17/h3-13H,14H2,1-2H3,(H,24,27)/b20-13+. The normalized spacial score (nSPS) is 15.2. The molecule has 1 aliphatic heterocycles. The molecule has 2 aromatic carbocycles. The fourth-order valence-electron chi connectivity index (χ4n) is 3.04. The maximum absolute atomic E-state index is 12.7. The van der Waals surface area contributed by atoms with Crippen LogP contribution in [0.1, 0.15) is 22.5 Å². The minimum Gasteiger partial charge on any atom is -0.450 e. The molecule has 3 amide bonds. The van der Waals surface area contributed by atoms with Crippen molar-refractivity contribution in [2.24, 2.45) is 0 Å². The highest BCUT2D eigenvalue weighted by Crippen LogP contribution is 2.30. The lowest BCUT2D eigenvalue weighted by Gasteiger charge is -2.12. The largest absolute Gasteiger partial charge is 0.450 e. The third kappa shape index (κ3) is 4.43. The minimum absolute atomic E-state index is 0.212. The number of urea groups is 1. The van der Waals surface area contributed by atoms with Gasteiger partial charge in [0.25, 0.3) is 5.91 Å². The minimum atomic E-state index is -0.427. The van der Waals surface area contributed by atoms with E-state index in [0.29, 0.717) is 10.9 Å². The van der Waals surface area contributed by atoms with Gasteiger partial charge in [0.1, 0.15) is 11.5 Å². The van der Waals surface area contributed by atoms with E-state index in [0.717, 1.165) is 16.0 Å². The van der Waals surface area contributed by atoms with Crippen LogP contribution in [0.2, 0.25) is 0 Å². The Morgan fingerprint density at radius 3 is 2.55 bits per heavy atom. The zero-order chi connectivity index (χ0) is 20.4. The molecule has 1 N–H and O–H groups in total. The van der Waals surface area contributed by atoms with Crippen molar-refractivity contribution in [3.05, 3.63) is 88.8 Å². The molecule has 1 saturated heterocycles. The summed E-state index contributed by atoms with van der Waals surface area (Å²) in [6.45, 7) is 4.25. The van der Waals surface area contributed by atoms with Gasteiger partial charge >= 0.3 is 6.03 Å². The summed E-state index contributed by atoms with van der Waals surface area (Å²) in [5, 5.41) is 3.35. The van der Waals surface area contributed by atoms with Crippen molar-refractivity contribution in [3.8, 4) is 0 Å². The maximum atomic E-state index is 12.7. The van der Waals surface area contributed by atoms with Crippen LogP contribution >= 0.6 is 11.8 Å². The number of carbonyl (C=O) groups excluding carboxylic acids is 2. The number of amides is 3. The Morgan fingerprint density at radius 2 is 1.79 bits per heavy atom. The molecule has 29 heavy (non-hydrogen) atoms. The van der Waals surface area contributed by atoms with Crippen LogP contribution in [0.15, 0.2) is 80.8 Å². The molecule has 5 nitrogen and oxygen atoms in total. The molecule has 0 radical (unpaired) electrons. The number of carbonyl (C=O) groups is 2. The van der Waals surface area contributed by atoms with Crippen LogP contribution in [-0.2, 0) is 11.3 Å². The first kappa shape index (κ1) is 19.1. The van der Waals surface area contributed by atoms with Crippen molar-refractivity contribution in [2.75, 3.05) is 0 Å². The van der Waals surface area contributed by atoms with E-state index in [4.69, 9.17) is 4.42 Å². The van der Waals surface area contributed by atoms with Gasteiger partial charge in [-0.3, -0.25) is 9.69 Å². The number of nitrogens with zero attached hydrogens (tertiary/aromatic N) is 1. The molecule has 1 aromatic heterocycles. The van der Waals surface area contributed by atoms with Crippen LogP contribution in [0.5, 0.6) is 0 Å². The van der Waals surface area contributed by atoms with Crippen LogP contribution in [0, 0.1) is 13.8 Å². The van der Waals surface area contributed by atoms with Gasteiger partial charge in [-0.25, -0.2) is 4.79 Å². The van der Waals surface area contributed by atoms with Gasteiger partial charge < -0.3 is 9.73 Å². The summed E-state index contributed by atoms with van der Waals surface area (Å²) < 4.78 is 5.80. The number of furan rings is 1. The summed E-state index contributed by atoms with van der Waals surface area (Å²) in [6.07, 6.45) is 1.57. The number of hydrogen-bond acceptors (Lipinski definition) is 4. The second-order valence-electron chi connectivity index (χ2n) is 6.94. The molecule has 3 aromatic rings. The second kappa shape index (κ2) is 8.01. The summed E-state index contributed by atoms with van der Waals surface area (Å²) in [5.74, 6) is 0.154. The highest BCUT2D eigenvalue weighted by atomic mass is 32.2. The smallest absolute Gasteiger partial charge is 0.329 e. The Hall–Kier alpha value is -3.25. The fraction of sp³-hybridized carbons (Fsp3) is 0.130. The summed E-state index contributed by atoms with van der Waals surface area (Å²) in [4.78, 5) is 27.2. The summed E-state index contributed by atoms with van der Waals surface area (Å²) in [7, 11) is 0. The number of hydrogen-bond donors (Lipinski definition) is 1. The van der Waals surface area contributed by atoms with Gasteiger partial charge in [-0.15, -0.1) is 0 Å². The van der Waals surface area contributed by atoms with Crippen LogP contribution < -0.4 is 5.32 Å². The Morgan fingerprint density at radius 1 is 1.00 bits per heavy atom. The Bertz CT molecular complexity index is 1100. The number of imide groups is 1. The highest BCUT2D eigenvalue weighted by Gasteiger charge is 2.33. The molecule has 1 fully saturated rings. The molecule has 6 heteroatoms. The molecule has 0 spiro atoms. The second-order valence-corrected chi connectivity index (χ2v) is 8.02. The maximum Gasteiger partial charge on any atom is 0.329 e. The zero-order valence-corrected chi connectivity index (χ0v) is 17.0. The van der Waals surface area contributed by atoms with Crippen LogP contribution in [0.4, 0.5) is 4.79 Å². The summed E-state index contributed by atoms with van der Waals surface area (Å²) >= 11 is 1.50. The first-order valence-electron chi connectivity index (χ1n) is 9.22. The Balaban J connectivity index is 1.47. The van der Waals surface area contributed by atoms with E-state index in [1.807, 2.05) is 68.4 Å². The van der Waals surface area contributed by atoms with Crippen molar-refractivity contribution in [2.45, 2.75) is 30.4 Å².